The Morgan fingerprint density at radius 2 is 1.87 bits per heavy atom. The van der Waals surface area contributed by atoms with Crippen molar-refractivity contribution in [1.82, 2.24) is 0 Å². The molecule has 0 heterocycles. The van der Waals surface area contributed by atoms with Gasteiger partial charge < -0.3 is 4.74 Å². The monoisotopic (exact) mass is 218 g/mol. The third kappa shape index (κ3) is 4.35. The Bertz CT molecular complexity index is 332. The van der Waals surface area contributed by atoms with Crippen LogP contribution in [-0.4, -0.2) is 19.5 Å². The van der Waals surface area contributed by atoms with Crippen LogP contribution in [0.5, 0.6) is 5.75 Å². The van der Waals surface area contributed by atoms with Crippen LogP contribution in [0.25, 0.3) is 0 Å². The molecule has 0 aliphatic heterocycles. The van der Waals surface area contributed by atoms with Gasteiger partial charge in [-0.05, 0) is 24.3 Å². The van der Waals surface area contributed by atoms with Gasteiger partial charge in [0.25, 0.3) is 0 Å². The molecule has 6 heteroatoms. The second-order valence-corrected chi connectivity index (χ2v) is 2.64. The van der Waals surface area contributed by atoms with E-state index in [9.17, 15) is 13.2 Å². The van der Waals surface area contributed by atoms with Gasteiger partial charge in [-0.15, -0.1) is 0 Å². The van der Waals surface area contributed by atoms with Crippen LogP contribution in [-0.2, 0) is 0 Å². The van der Waals surface area contributed by atoms with E-state index < -0.39 is 6.18 Å². The molecule has 0 aliphatic carbocycles. The highest BCUT2D eigenvalue weighted by atomic mass is 19.4. The van der Waals surface area contributed by atoms with E-state index in [1.807, 2.05) is 0 Å². The minimum Gasteiger partial charge on any atom is -0.497 e. The number of benzene rings is 1. The van der Waals surface area contributed by atoms with Crippen molar-refractivity contribution < 1.29 is 17.9 Å². The molecule has 0 spiro atoms. The second kappa shape index (κ2) is 4.68. The molecule has 0 fully saturated rings. The average molecular weight is 218 g/mol. The van der Waals surface area contributed by atoms with Gasteiger partial charge in [-0.2, -0.15) is 18.3 Å². The Balaban J connectivity index is 2.55. The second-order valence-electron chi connectivity index (χ2n) is 2.64. The third-order valence-corrected chi connectivity index (χ3v) is 1.49. The van der Waals surface area contributed by atoms with E-state index in [1.54, 1.807) is 24.3 Å². The lowest BCUT2D eigenvalue weighted by atomic mass is 10.3. The molecule has 1 aromatic rings. The maximum absolute atomic E-state index is 11.7. The highest BCUT2D eigenvalue weighted by Gasteiger charge is 2.23. The Labute approximate surface area is 84.6 Å². The van der Waals surface area contributed by atoms with Crippen molar-refractivity contribution in [2.45, 2.75) is 6.18 Å². The summed E-state index contributed by atoms with van der Waals surface area (Å²) in [6, 6.07) is 6.36. The first-order valence-electron chi connectivity index (χ1n) is 4.02. The molecule has 1 rings (SSSR count). The number of hydrogen-bond acceptors (Lipinski definition) is 3. The van der Waals surface area contributed by atoms with Crippen molar-refractivity contribution >= 4 is 11.9 Å². The minimum atomic E-state index is -4.40. The zero-order chi connectivity index (χ0) is 11.3. The lowest BCUT2D eigenvalue weighted by Crippen LogP contribution is -2.09. The molecule has 1 aromatic carbocycles. The van der Waals surface area contributed by atoms with Crippen LogP contribution in [0.2, 0.25) is 0 Å². The van der Waals surface area contributed by atoms with Crippen LogP contribution in [0.4, 0.5) is 18.9 Å². The summed E-state index contributed by atoms with van der Waals surface area (Å²) in [4.78, 5) is 0. The van der Waals surface area contributed by atoms with Crippen LogP contribution in [0.1, 0.15) is 0 Å². The fourth-order valence-electron chi connectivity index (χ4n) is 0.846. The number of rotatable bonds is 3. The van der Waals surface area contributed by atoms with E-state index in [0.717, 1.165) is 0 Å². The van der Waals surface area contributed by atoms with Crippen LogP contribution in [0, 0.1) is 0 Å². The zero-order valence-corrected chi connectivity index (χ0v) is 7.88. The maximum Gasteiger partial charge on any atom is 0.428 e. The smallest absolute Gasteiger partial charge is 0.428 e. The molecule has 0 unspecified atom stereocenters. The van der Waals surface area contributed by atoms with Crippen molar-refractivity contribution in [3.63, 3.8) is 0 Å². The number of nitrogens with one attached hydrogen (secondary N) is 1. The number of halogens is 3. The summed E-state index contributed by atoms with van der Waals surface area (Å²) in [6.45, 7) is 0. The Morgan fingerprint density at radius 3 is 2.33 bits per heavy atom. The van der Waals surface area contributed by atoms with Crippen LogP contribution in [0.3, 0.4) is 0 Å². The van der Waals surface area contributed by atoms with Crippen molar-refractivity contribution in [2.75, 3.05) is 12.5 Å². The van der Waals surface area contributed by atoms with Gasteiger partial charge in [-0.1, -0.05) is 0 Å². The normalized spacial score (nSPS) is 11.7. The largest absolute Gasteiger partial charge is 0.497 e. The lowest BCUT2D eigenvalue weighted by Gasteiger charge is -2.02. The maximum atomic E-state index is 11.7. The molecule has 15 heavy (non-hydrogen) atoms. The molecule has 1 N–H and O–H groups in total. The van der Waals surface area contributed by atoms with Crippen molar-refractivity contribution in [1.29, 1.82) is 0 Å². The third-order valence-electron chi connectivity index (χ3n) is 1.49. The Morgan fingerprint density at radius 1 is 1.27 bits per heavy atom. The topological polar surface area (TPSA) is 33.6 Å². The van der Waals surface area contributed by atoms with E-state index in [4.69, 9.17) is 4.74 Å². The Kier molecular flexibility index (Phi) is 3.54. The fraction of sp³-hybridized carbons (Fsp3) is 0.222. The Hall–Kier alpha value is -1.72. The van der Waals surface area contributed by atoms with Gasteiger partial charge in [0.05, 0.1) is 12.8 Å². The molecule has 0 saturated carbocycles. The van der Waals surface area contributed by atoms with Gasteiger partial charge >= 0.3 is 6.18 Å². The number of hydrazone groups is 1. The van der Waals surface area contributed by atoms with Gasteiger partial charge in [0.15, 0.2) is 0 Å². The summed E-state index contributed by atoms with van der Waals surface area (Å²) in [7, 11) is 1.50. The standard InChI is InChI=1S/C9H9F3N2O/c1-15-8-4-2-7(3-5-8)14-13-6-9(10,11)12/h2-6,14H,1H3/b13-6-. The molecular formula is C9H9F3N2O. The quantitative estimate of drug-likeness (QED) is 0.625. The van der Waals surface area contributed by atoms with Crippen LogP contribution >= 0.6 is 0 Å². The molecule has 82 valence electrons. The molecular weight excluding hydrogens is 209 g/mol. The zero-order valence-electron chi connectivity index (χ0n) is 7.88. The summed E-state index contributed by atoms with van der Waals surface area (Å²) >= 11 is 0. The summed E-state index contributed by atoms with van der Waals surface area (Å²) in [6.07, 6.45) is -4.52. The SMILES string of the molecule is COc1ccc(N/N=C\C(F)(F)F)cc1. The number of methoxy groups -OCH3 is 1. The predicted octanol–water partition coefficient (Wildman–Crippen LogP) is 2.66. The van der Waals surface area contributed by atoms with Gasteiger partial charge in [0.1, 0.15) is 12.0 Å². The molecule has 0 bridgehead atoms. The van der Waals surface area contributed by atoms with E-state index in [-0.39, 0.29) is 6.21 Å². The van der Waals surface area contributed by atoms with Crippen molar-refractivity contribution in [3.05, 3.63) is 24.3 Å². The van der Waals surface area contributed by atoms with Crippen LogP contribution in [0.15, 0.2) is 29.4 Å². The van der Waals surface area contributed by atoms with E-state index in [1.165, 1.54) is 7.11 Å². The number of ether oxygens (including phenoxy) is 1. The summed E-state index contributed by atoms with van der Waals surface area (Å²) in [5.74, 6) is 0.625. The van der Waals surface area contributed by atoms with Crippen LogP contribution < -0.4 is 10.2 Å². The molecule has 0 radical (unpaired) electrons. The summed E-state index contributed by atoms with van der Waals surface area (Å²) < 4.78 is 39.9. The van der Waals surface area contributed by atoms with Gasteiger partial charge in [-0.25, -0.2) is 0 Å². The number of nitrogens with zero attached hydrogens (tertiary/aromatic N) is 1. The molecule has 0 aromatic heterocycles. The van der Waals surface area contributed by atoms with E-state index in [0.29, 0.717) is 11.4 Å². The molecule has 0 amide bonds. The van der Waals surface area contributed by atoms with Gasteiger partial charge in [0.2, 0.25) is 0 Å². The fourth-order valence-corrected chi connectivity index (χ4v) is 0.846. The molecule has 0 aliphatic rings. The highest BCUT2D eigenvalue weighted by molar-refractivity contribution is 5.65. The number of alkyl halides is 3. The number of hydrogen-bond donors (Lipinski definition) is 1. The van der Waals surface area contributed by atoms with Crippen molar-refractivity contribution in [2.24, 2.45) is 5.10 Å². The first-order valence-corrected chi connectivity index (χ1v) is 4.02. The van der Waals surface area contributed by atoms with E-state index >= 15 is 0 Å². The first-order chi connectivity index (χ1) is 7.01. The van der Waals surface area contributed by atoms with Crippen molar-refractivity contribution in [3.8, 4) is 5.75 Å². The molecule has 0 atom stereocenters. The molecule has 0 saturated heterocycles. The van der Waals surface area contributed by atoms with Gasteiger partial charge in [-0.3, -0.25) is 5.43 Å². The van der Waals surface area contributed by atoms with Gasteiger partial charge in [0, 0.05) is 0 Å². The first kappa shape index (κ1) is 11.4. The summed E-state index contributed by atoms with van der Waals surface area (Å²) in [5, 5.41) is 3.03. The minimum absolute atomic E-state index is 0.114. The summed E-state index contributed by atoms with van der Waals surface area (Å²) in [5.41, 5.74) is 2.70. The lowest BCUT2D eigenvalue weighted by molar-refractivity contribution is -0.0536. The predicted molar refractivity (Wildman–Crippen MR) is 51.2 cm³/mol. The average Bonchev–Trinajstić information content (AvgIpc) is 2.17. The highest BCUT2D eigenvalue weighted by Crippen LogP contribution is 2.15. The number of anilines is 1. The van der Waals surface area contributed by atoms with E-state index in [2.05, 4.69) is 10.5 Å². The molecule has 3 nitrogen and oxygen atoms in total.